The van der Waals surface area contributed by atoms with Gasteiger partial charge >= 0.3 is 6.03 Å². The number of nitrogens with zero attached hydrogens (tertiary/aromatic N) is 2. The van der Waals surface area contributed by atoms with Crippen molar-refractivity contribution in [3.63, 3.8) is 0 Å². The third-order valence-corrected chi connectivity index (χ3v) is 7.20. The minimum Gasteiger partial charge on any atom is -0.372 e. The van der Waals surface area contributed by atoms with Gasteiger partial charge in [0.15, 0.2) is 0 Å². The van der Waals surface area contributed by atoms with E-state index in [0.717, 1.165) is 40.4 Å². The first-order chi connectivity index (χ1) is 16.8. The fourth-order valence-corrected chi connectivity index (χ4v) is 5.05. The van der Waals surface area contributed by atoms with E-state index in [0.29, 0.717) is 11.3 Å². The van der Waals surface area contributed by atoms with Crippen molar-refractivity contribution in [1.29, 1.82) is 0 Å². The van der Waals surface area contributed by atoms with Gasteiger partial charge in [0, 0.05) is 24.5 Å². The Bertz CT molecular complexity index is 1280. The van der Waals surface area contributed by atoms with Gasteiger partial charge in [0.05, 0.1) is 0 Å². The first-order valence-electron chi connectivity index (χ1n) is 12.1. The van der Waals surface area contributed by atoms with Gasteiger partial charge in [0.1, 0.15) is 12.1 Å². The van der Waals surface area contributed by atoms with Crippen molar-refractivity contribution in [3.05, 3.63) is 72.3 Å². The van der Waals surface area contributed by atoms with Crippen LogP contribution in [0.15, 0.2) is 66.7 Å². The zero-order valence-corrected chi connectivity index (χ0v) is 20.1. The van der Waals surface area contributed by atoms with Gasteiger partial charge in [-0.3, -0.25) is 14.5 Å². The van der Waals surface area contributed by atoms with E-state index < -0.39 is 23.4 Å². The Kier molecular flexibility index (Phi) is 5.93. The second-order valence-electron chi connectivity index (χ2n) is 9.74. The van der Waals surface area contributed by atoms with E-state index in [4.69, 9.17) is 0 Å². The van der Waals surface area contributed by atoms with Gasteiger partial charge in [-0.2, -0.15) is 0 Å². The number of carbonyl (C=O) groups is 3. The zero-order valence-electron chi connectivity index (χ0n) is 20.1. The van der Waals surface area contributed by atoms with Gasteiger partial charge in [0.2, 0.25) is 5.91 Å². The van der Waals surface area contributed by atoms with Gasteiger partial charge in [-0.1, -0.05) is 49.4 Å². The highest BCUT2D eigenvalue weighted by Gasteiger charge is 2.50. The molecule has 3 aromatic rings. The Balaban J connectivity index is 1.27. The summed E-state index contributed by atoms with van der Waals surface area (Å²) < 4.78 is 0. The Morgan fingerprint density at radius 3 is 2.43 bits per heavy atom. The summed E-state index contributed by atoms with van der Waals surface area (Å²) >= 11 is 0. The lowest BCUT2D eigenvalue weighted by molar-refractivity contribution is -0.133. The van der Waals surface area contributed by atoms with Crippen LogP contribution in [0, 0.1) is 5.92 Å². The first kappa shape index (κ1) is 22.9. The van der Waals surface area contributed by atoms with Crippen LogP contribution in [0.4, 0.5) is 16.2 Å². The molecule has 0 saturated carbocycles. The lowest BCUT2D eigenvalue weighted by Gasteiger charge is -2.32. The molecule has 0 aromatic heterocycles. The molecule has 2 heterocycles. The molecule has 1 unspecified atom stereocenters. The molecule has 2 aliphatic heterocycles. The maximum Gasteiger partial charge on any atom is 0.325 e. The number of piperidine rings is 1. The summed E-state index contributed by atoms with van der Waals surface area (Å²) in [4.78, 5) is 42.2. The first-order valence-corrected chi connectivity index (χ1v) is 12.1. The number of amides is 4. The maximum absolute atomic E-state index is 13.4. The summed E-state index contributed by atoms with van der Waals surface area (Å²) in [7, 11) is 0. The Morgan fingerprint density at radius 2 is 1.69 bits per heavy atom. The largest absolute Gasteiger partial charge is 0.372 e. The maximum atomic E-state index is 13.4. The fraction of sp³-hybridized carbons (Fsp3) is 0.321. The molecule has 0 aliphatic carbocycles. The molecule has 0 radical (unpaired) electrons. The molecule has 0 bridgehead atoms. The predicted molar refractivity (Wildman–Crippen MR) is 137 cm³/mol. The van der Waals surface area contributed by atoms with Crippen LogP contribution in [-0.4, -0.2) is 42.4 Å². The number of fused-ring (bicyclic) bond motifs is 1. The van der Waals surface area contributed by atoms with E-state index in [2.05, 4.69) is 22.5 Å². The molecule has 2 fully saturated rings. The molecule has 2 N–H and O–H groups in total. The summed E-state index contributed by atoms with van der Waals surface area (Å²) in [5, 5.41) is 7.49. The Labute approximate surface area is 205 Å². The van der Waals surface area contributed by atoms with Crippen LogP contribution in [0.2, 0.25) is 0 Å². The van der Waals surface area contributed by atoms with Crippen LogP contribution in [0.1, 0.15) is 32.3 Å². The number of hydrogen-bond acceptors (Lipinski definition) is 4. The fourth-order valence-electron chi connectivity index (χ4n) is 5.05. The van der Waals surface area contributed by atoms with Gasteiger partial charge in [-0.05, 0) is 66.3 Å². The summed E-state index contributed by atoms with van der Waals surface area (Å²) in [6, 6.07) is 20.5. The number of nitrogens with one attached hydrogen (secondary N) is 2. The van der Waals surface area contributed by atoms with Crippen molar-refractivity contribution >= 4 is 40.0 Å². The highest BCUT2D eigenvalue weighted by atomic mass is 16.2. The van der Waals surface area contributed by atoms with E-state index >= 15 is 0 Å². The van der Waals surface area contributed by atoms with Crippen LogP contribution in [0.5, 0.6) is 0 Å². The SMILES string of the molecule is CC1CCN(c2ccc(NC(=O)CN3C(=O)NC(C)(c4cccc5ccccc45)C3=O)cc2)CC1. The normalized spacial score (nSPS) is 20.9. The Morgan fingerprint density at radius 1 is 1.00 bits per heavy atom. The van der Waals surface area contributed by atoms with Gasteiger partial charge < -0.3 is 15.5 Å². The average molecular weight is 471 g/mol. The lowest BCUT2D eigenvalue weighted by atomic mass is 9.88. The number of anilines is 2. The molecule has 4 amide bonds. The second-order valence-corrected chi connectivity index (χ2v) is 9.74. The van der Waals surface area contributed by atoms with Crippen molar-refractivity contribution < 1.29 is 14.4 Å². The quantitative estimate of drug-likeness (QED) is 0.539. The van der Waals surface area contributed by atoms with E-state index in [1.807, 2.05) is 66.7 Å². The summed E-state index contributed by atoms with van der Waals surface area (Å²) in [6.07, 6.45) is 2.37. The van der Waals surface area contributed by atoms with Crippen LogP contribution in [0.3, 0.4) is 0 Å². The standard InChI is InChI=1S/C28H30N4O3/c1-19-14-16-31(17-15-19)22-12-10-21(11-13-22)29-25(33)18-32-26(34)28(2,30-27(32)35)24-9-5-7-20-6-3-4-8-23(20)24/h3-13,19H,14-18H2,1-2H3,(H,29,33)(H,30,35). The number of benzene rings is 3. The van der Waals surface area contributed by atoms with Crippen LogP contribution >= 0.6 is 0 Å². The molecular weight excluding hydrogens is 440 g/mol. The Hall–Kier alpha value is -3.87. The molecule has 3 aromatic carbocycles. The minimum atomic E-state index is -1.24. The third kappa shape index (κ3) is 4.34. The number of urea groups is 1. The van der Waals surface area contributed by atoms with Crippen molar-refractivity contribution in [2.75, 3.05) is 29.9 Å². The third-order valence-electron chi connectivity index (χ3n) is 7.20. The monoisotopic (exact) mass is 470 g/mol. The van der Waals surface area contributed by atoms with Gasteiger partial charge in [-0.25, -0.2) is 4.79 Å². The number of rotatable bonds is 5. The summed E-state index contributed by atoms with van der Waals surface area (Å²) in [5.41, 5.74) is 1.23. The van der Waals surface area contributed by atoms with Crippen molar-refractivity contribution in [2.45, 2.75) is 32.2 Å². The van der Waals surface area contributed by atoms with Crippen molar-refractivity contribution in [3.8, 4) is 0 Å². The topological polar surface area (TPSA) is 81.8 Å². The molecule has 1 atom stereocenters. The molecule has 2 saturated heterocycles. The highest BCUT2D eigenvalue weighted by molar-refractivity contribution is 6.11. The molecule has 7 heteroatoms. The number of carbonyl (C=O) groups excluding carboxylic acids is 3. The summed E-state index contributed by atoms with van der Waals surface area (Å²) in [5.74, 6) is -0.100. The zero-order chi connectivity index (χ0) is 24.6. The molecule has 0 spiro atoms. The van der Waals surface area contributed by atoms with E-state index in [-0.39, 0.29) is 6.54 Å². The van der Waals surface area contributed by atoms with Crippen LogP contribution in [0.25, 0.3) is 10.8 Å². The lowest BCUT2D eigenvalue weighted by Crippen LogP contribution is -2.42. The van der Waals surface area contributed by atoms with Crippen molar-refractivity contribution in [2.24, 2.45) is 5.92 Å². The molecule has 7 nitrogen and oxygen atoms in total. The molecular formula is C28H30N4O3. The van der Waals surface area contributed by atoms with Gasteiger partial charge in [-0.15, -0.1) is 0 Å². The predicted octanol–water partition coefficient (Wildman–Crippen LogP) is 4.48. The molecule has 2 aliphatic rings. The average Bonchev–Trinajstić information content (AvgIpc) is 3.08. The van der Waals surface area contributed by atoms with E-state index in [9.17, 15) is 14.4 Å². The second kappa shape index (κ2) is 9.06. The smallest absolute Gasteiger partial charge is 0.325 e. The van der Waals surface area contributed by atoms with Crippen LogP contribution < -0.4 is 15.5 Å². The van der Waals surface area contributed by atoms with Crippen LogP contribution in [-0.2, 0) is 15.1 Å². The van der Waals surface area contributed by atoms with E-state index in [1.54, 1.807) is 6.92 Å². The molecule has 35 heavy (non-hydrogen) atoms. The minimum absolute atomic E-state index is 0.350. The highest BCUT2D eigenvalue weighted by Crippen LogP contribution is 2.34. The van der Waals surface area contributed by atoms with E-state index in [1.165, 1.54) is 12.8 Å². The summed E-state index contributed by atoms with van der Waals surface area (Å²) in [6.45, 7) is 5.69. The molecule has 5 rings (SSSR count). The molecule has 180 valence electrons. The number of imide groups is 1. The van der Waals surface area contributed by atoms with Crippen molar-refractivity contribution in [1.82, 2.24) is 10.2 Å². The number of hydrogen-bond donors (Lipinski definition) is 2. The van der Waals surface area contributed by atoms with Gasteiger partial charge in [0.25, 0.3) is 5.91 Å².